The molecular formula is C23H38N2O3S. The molecule has 1 aromatic carbocycles. The van der Waals surface area contributed by atoms with E-state index in [0.29, 0.717) is 18.0 Å². The van der Waals surface area contributed by atoms with Gasteiger partial charge in [-0.3, -0.25) is 9.59 Å². The number of carbonyl (C=O) groups excluding carboxylic acids is 2. The molecule has 0 aliphatic heterocycles. The van der Waals surface area contributed by atoms with Crippen LogP contribution < -0.4 is 15.4 Å². The molecule has 164 valence electrons. The van der Waals surface area contributed by atoms with Crippen molar-refractivity contribution in [1.82, 2.24) is 10.6 Å². The second kappa shape index (κ2) is 9.88. The summed E-state index contributed by atoms with van der Waals surface area (Å²) in [6.07, 6.45) is 0.225. The molecule has 0 bridgehead atoms. The summed E-state index contributed by atoms with van der Waals surface area (Å²) in [5.41, 5.74) is 1.19. The van der Waals surface area contributed by atoms with E-state index in [0.717, 1.165) is 11.1 Å². The molecule has 0 heterocycles. The van der Waals surface area contributed by atoms with Crippen LogP contribution in [-0.2, 0) is 20.4 Å². The summed E-state index contributed by atoms with van der Waals surface area (Å²) >= 11 is 4.05. The Morgan fingerprint density at radius 1 is 0.862 bits per heavy atom. The number of nitrogens with one attached hydrogen (secondary N) is 2. The van der Waals surface area contributed by atoms with Crippen molar-refractivity contribution in [3.8, 4) is 5.75 Å². The summed E-state index contributed by atoms with van der Waals surface area (Å²) in [5, 5.41) is 5.52. The lowest BCUT2D eigenvalue weighted by atomic mass is 9.80. The first-order valence-corrected chi connectivity index (χ1v) is 10.8. The third-order valence-electron chi connectivity index (χ3n) is 4.63. The van der Waals surface area contributed by atoms with Gasteiger partial charge >= 0.3 is 0 Å². The van der Waals surface area contributed by atoms with Gasteiger partial charge in [-0.05, 0) is 47.9 Å². The summed E-state index contributed by atoms with van der Waals surface area (Å²) in [5.74, 6) is 0.904. The lowest BCUT2D eigenvalue weighted by Crippen LogP contribution is -2.47. The third-order valence-corrected chi connectivity index (χ3v) is 4.85. The van der Waals surface area contributed by atoms with Gasteiger partial charge in [0.25, 0.3) is 5.91 Å². The van der Waals surface area contributed by atoms with E-state index >= 15 is 0 Å². The number of hydrogen-bond acceptors (Lipinski definition) is 4. The fraction of sp³-hybridized carbons (Fsp3) is 0.652. The van der Waals surface area contributed by atoms with Crippen LogP contribution in [0.1, 0.15) is 72.9 Å². The number of benzene rings is 1. The number of ether oxygens (including phenoxy) is 1. The van der Waals surface area contributed by atoms with E-state index in [1.54, 1.807) is 13.8 Å². The van der Waals surface area contributed by atoms with Gasteiger partial charge in [-0.15, -0.1) is 0 Å². The zero-order chi connectivity index (χ0) is 22.5. The van der Waals surface area contributed by atoms with Crippen LogP contribution in [0.3, 0.4) is 0 Å². The highest BCUT2D eigenvalue weighted by atomic mass is 32.1. The smallest absolute Gasteiger partial charge is 0.263 e. The first-order chi connectivity index (χ1) is 13.2. The molecule has 1 rings (SSSR count). The van der Waals surface area contributed by atoms with E-state index < -0.39 is 5.60 Å². The molecule has 0 saturated carbocycles. The largest absolute Gasteiger partial charge is 0.478 e. The minimum atomic E-state index is -1.06. The molecule has 1 aromatic rings. The second-order valence-electron chi connectivity index (χ2n) is 9.94. The van der Waals surface area contributed by atoms with Crippen molar-refractivity contribution in [2.75, 3.05) is 18.8 Å². The standard InChI is InChI=1S/C23H38N2O3S/c1-21(2,3)16-13-17(22(4,5)6)15-18(14-16)28-23(7,8)20(27)25-10-9-19(26)24-11-12-29/h13-15,29H,9-12H2,1-8H3,(H,24,26)(H,25,27). The molecule has 2 amide bonds. The summed E-state index contributed by atoms with van der Waals surface area (Å²) in [6, 6.07) is 6.23. The van der Waals surface area contributed by atoms with E-state index in [1.165, 1.54) is 0 Å². The predicted octanol–water partition coefficient (Wildman–Crippen LogP) is 3.99. The molecule has 0 unspecified atom stereocenters. The Hall–Kier alpha value is -1.69. The van der Waals surface area contributed by atoms with Gasteiger partial charge in [0.15, 0.2) is 5.60 Å². The maximum atomic E-state index is 12.6. The van der Waals surface area contributed by atoms with Gasteiger partial charge in [-0.1, -0.05) is 47.6 Å². The molecule has 0 saturated heterocycles. The van der Waals surface area contributed by atoms with E-state index in [9.17, 15) is 9.59 Å². The summed E-state index contributed by atoms with van der Waals surface area (Å²) in [6.45, 7) is 17.2. The third kappa shape index (κ3) is 8.29. The van der Waals surface area contributed by atoms with Crippen LogP contribution in [0, 0.1) is 0 Å². The molecule has 5 nitrogen and oxygen atoms in total. The Labute approximate surface area is 181 Å². The zero-order valence-electron chi connectivity index (χ0n) is 19.2. The molecule has 29 heavy (non-hydrogen) atoms. The van der Waals surface area contributed by atoms with Crippen molar-refractivity contribution in [3.63, 3.8) is 0 Å². The van der Waals surface area contributed by atoms with Crippen molar-refractivity contribution in [3.05, 3.63) is 29.3 Å². The van der Waals surface area contributed by atoms with E-state index in [4.69, 9.17) is 4.74 Å². The first-order valence-electron chi connectivity index (χ1n) is 10.2. The van der Waals surface area contributed by atoms with E-state index in [-0.39, 0.29) is 35.6 Å². The van der Waals surface area contributed by atoms with Gasteiger partial charge in [-0.25, -0.2) is 0 Å². The van der Waals surface area contributed by atoms with Gasteiger partial charge in [0.1, 0.15) is 5.75 Å². The van der Waals surface area contributed by atoms with Crippen LogP contribution in [-0.4, -0.2) is 36.3 Å². The maximum absolute atomic E-state index is 12.6. The fourth-order valence-corrected chi connectivity index (χ4v) is 2.76. The molecule has 0 aliphatic rings. The van der Waals surface area contributed by atoms with Crippen LogP contribution in [0.4, 0.5) is 0 Å². The van der Waals surface area contributed by atoms with Gasteiger partial charge in [0, 0.05) is 25.3 Å². The SMILES string of the molecule is CC(C)(Oc1cc(C(C)(C)C)cc(C(C)(C)C)c1)C(=O)NCCC(=O)NCCS. The molecule has 0 radical (unpaired) electrons. The van der Waals surface area contributed by atoms with Gasteiger partial charge in [-0.2, -0.15) is 12.6 Å². The quantitative estimate of drug-likeness (QED) is 0.555. The summed E-state index contributed by atoms with van der Waals surface area (Å²) < 4.78 is 6.14. The van der Waals surface area contributed by atoms with Crippen LogP contribution >= 0.6 is 12.6 Å². The molecule has 6 heteroatoms. The number of rotatable bonds is 8. The Bertz CT molecular complexity index is 684. The molecule has 0 spiro atoms. The van der Waals surface area contributed by atoms with E-state index in [2.05, 4.69) is 70.9 Å². The Morgan fingerprint density at radius 2 is 1.38 bits per heavy atom. The Balaban J connectivity index is 2.91. The minimum Gasteiger partial charge on any atom is -0.478 e. The molecule has 0 aliphatic carbocycles. The highest BCUT2D eigenvalue weighted by molar-refractivity contribution is 7.80. The molecule has 0 fully saturated rings. The average molecular weight is 423 g/mol. The second-order valence-corrected chi connectivity index (χ2v) is 10.4. The zero-order valence-corrected chi connectivity index (χ0v) is 20.1. The van der Waals surface area contributed by atoms with Crippen molar-refractivity contribution in [2.24, 2.45) is 0 Å². The van der Waals surface area contributed by atoms with Crippen LogP contribution in [0.5, 0.6) is 5.75 Å². The average Bonchev–Trinajstić information content (AvgIpc) is 2.57. The fourth-order valence-electron chi connectivity index (χ4n) is 2.65. The summed E-state index contributed by atoms with van der Waals surface area (Å²) in [4.78, 5) is 24.3. The number of carbonyl (C=O) groups is 2. The first kappa shape index (κ1) is 25.3. The van der Waals surface area contributed by atoms with Crippen molar-refractivity contribution in [2.45, 2.75) is 78.2 Å². The lowest BCUT2D eigenvalue weighted by molar-refractivity contribution is -0.134. The topological polar surface area (TPSA) is 67.4 Å². The van der Waals surface area contributed by atoms with E-state index in [1.807, 2.05) is 12.1 Å². The Morgan fingerprint density at radius 3 is 1.83 bits per heavy atom. The molecule has 0 atom stereocenters. The maximum Gasteiger partial charge on any atom is 0.263 e. The summed E-state index contributed by atoms with van der Waals surface area (Å²) in [7, 11) is 0. The van der Waals surface area contributed by atoms with Gasteiger partial charge in [0.05, 0.1) is 0 Å². The molecule has 0 aromatic heterocycles. The highest BCUT2D eigenvalue weighted by Crippen LogP contribution is 2.34. The minimum absolute atomic E-state index is 0.0356. The predicted molar refractivity (Wildman–Crippen MR) is 123 cm³/mol. The van der Waals surface area contributed by atoms with Crippen molar-refractivity contribution >= 4 is 24.4 Å². The monoisotopic (exact) mass is 422 g/mol. The number of thiol groups is 1. The Kier molecular flexibility index (Phi) is 8.63. The number of amides is 2. The van der Waals surface area contributed by atoms with Crippen LogP contribution in [0.2, 0.25) is 0 Å². The molecular weight excluding hydrogens is 384 g/mol. The van der Waals surface area contributed by atoms with Crippen molar-refractivity contribution < 1.29 is 14.3 Å². The van der Waals surface area contributed by atoms with Gasteiger partial charge < -0.3 is 15.4 Å². The van der Waals surface area contributed by atoms with Gasteiger partial charge in [0.2, 0.25) is 5.91 Å². The van der Waals surface area contributed by atoms with Crippen LogP contribution in [0.15, 0.2) is 18.2 Å². The normalized spacial score (nSPS) is 12.4. The number of hydrogen-bond donors (Lipinski definition) is 3. The highest BCUT2D eigenvalue weighted by Gasteiger charge is 2.31. The molecule has 2 N–H and O–H groups in total. The lowest BCUT2D eigenvalue weighted by Gasteiger charge is -2.29. The van der Waals surface area contributed by atoms with Crippen molar-refractivity contribution in [1.29, 1.82) is 0 Å². The van der Waals surface area contributed by atoms with Crippen LogP contribution in [0.25, 0.3) is 0 Å².